The molecule has 1 atom stereocenters. The van der Waals surface area contributed by atoms with Gasteiger partial charge in [0.15, 0.2) is 0 Å². The van der Waals surface area contributed by atoms with Crippen molar-refractivity contribution in [2.45, 2.75) is 12.5 Å². The lowest BCUT2D eigenvalue weighted by molar-refractivity contribution is 0.0692. The average Bonchev–Trinajstić information content (AvgIpc) is 2.81. The van der Waals surface area contributed by atoms with Gasteiger partial charge < -0.3 is 20.9 Å². The van der Waals surface area contributed by atoms with Crippen molar-refractivity contribution < 1.29 is 19.4 Å². The number of anilines is 1. The van der Waals surface area contributed by atoms with Crippen LogP contribution in [0.3, 0.4) is 0 Å². The molecule has 1 aliphatic rings. The average molecular weight is 250 g/mol. The van der Waals surface area contributed by atoms with E-state index in [4.69, 9.17) is 15.6 Å². The van der Waals surface area contributed by atoms with Crippen molar-refractivity contribution in [1.29, 1.82) is 0 Å². The molecule has 0 aromatic heterocycles. The fraction of sp³-hybridized carbons (Fsp3) is 0.333. The molecule has 0 aliphatic carbocycles. The molecule has 1 fully saturated rings. The first kappa shape index (κ1) is 12.4. The Kier molecular flexibility index (Phi) is 3.47. The zero-order valence-electron chi connectivity index (χ0n) is 9.68. The molecule has 6 nitrogen and oxygen atoms in total. The van der Waals surface area contributed by atoms with Gasteiger partial charge in [0.2, 0.25) is 0 Å². The minimum absolute atomic E-state index is 0.0110. The van der Waals surface area contributed by atoms with E-state index in [1.807, 2.05) is 0 Å². The highest BCUT2D eigenvalue weighted by molar-refractivity contribution is 6.08. The quantitative estimate of drug-likeness (QED) is 0.729. The molecule has 1 aliphatic heterocycles. The first-order valence-corrected chi connectivity index (χ1v) is 5.60. The lowest BCUT2D eigenvalue weighted by atomic mass is 10.0. The molecule has 0 spiro atoms. The molecule has 6 heteroatoms. The lowest BCUT2D eigenvalue weighted by Crippen LogP contribution is -2.24. The smallest absolute Gasteiger partial charge is 0.336 e. The van der Waals surface area contributed by atoms with Crippen LogP contribution in [0.1, 0.15) is 27.1 Å². The first-order valence-electron chi connectivity index (χ1n) is 5.60. The Labute approximate surface area is 104 Å². The van der Waals surface area contributed by atoms with Crippen molar-refractivity contribution in [2.24, 2.45) is 5.73 Å². The Bertz CT molecular complexity index is 481. The second kappa shape index (κ2) is 5.05. The molecule has 1 aromatic rings. The zero-order valence-corrected chi connectivity index (χ0v) is 9.68. The summed E-state index contributed by atoms with van der Waals surface area (Å²) in [5.74, 6) is -1.93. The number of carboxylic acids is 1. The van der Waals surface area contributed by atoms with Crippen molar-refractivity contribution in [3.8, 4) is 0 Å². The fourth-order valence-corrected chi connectivity index (χ4v) is 1.98. The number of nitrogens with one attached hydrogen (secondary N) is 1. The number of carboxylic acid groups (broad SMARTS) is 1. The van der Waals surface area contributed by atoms with E-state index in [0.717, 1.165) is 6.42 Å². The topological polar surface area (TPSA) is 102 Å². The fourth-order valence-electron chi connectivity index (χ4n) is 1.98. The highest BCUT2D eigenvalue weighted by atomic mass is 16.5. The summed E-state index contributed by atoms with van der Waals surface area (Å²) >= 11 is 0. The molecule has 4 N–H and O–H groups in total. The van der Waals surface area contributed by atoms with Gasteiger partial charge in [-0.15, -0.1) is 0 Å². The molecular weight excluding hydrogens is 236 g/mol. The van der Waals surface area contributed by atoms with E-state index in [9.17, 15) is 9.59 Å². The number of hydrogen-bond acceptors (Lipinski definition) is 4. The molecular formula is C12H14N2O4. The van der Waals surface area contributed by atoms with Crippen LogP contribution in [0, 0.1) is 0 Å². The molecule has 1 amide bonds. The molecule has 1 aromatic carbocycles. The highest BCUT2D eigenvalue weighted by Gasteiger charge is 2.22. The number of benzene rings is 1. The maximum absolute atomic E-state index is 11.4. The summed E-state index contributed by atoms with van der Waals surface area (Å²) in [5.41, 5.74) is 5.62. The van der Waals surface area contributed by atoms with Crippen LogP contribution in [-0.4, -0.2) is 36.2 Å². The molecule has 1 unspecified atom stereocenters. The van der Waals surface area contributed by atoms with E-state index in [0.29, 0.717) is 18.9 Å². The van der Waals surface area contributed by atoms with Crippen LogP contribution >= 0.6 is 0 Å². The van der Waals surface area contributed by atoms with Crippen molar-refractivity contribution >= 4 is 17.6 Å². The molecule has 0 radical (unpaired) electrons. The van der Waals surface area contributed by atoms with Crippen LogP contribution in [0.5, 0.6) is 0 Å². The van der Waals surface area contributed by atoms with E-state index in [1.165, 1.54) is 6.07 Å². The zero-order chi connectivity index (χ0) is 13.1. The van der Waals surface area contributed by atoms with Crippen LogP contribution in [0.15, 0.2) is 18.2 Å². The summed E-state index contributed by atoms with van der Waals surface area (Å²) in [6.45, 7) is 1.19. The summed E-state index contributed by atoms with van der Waals surface area (Å²) in [5, 5.41) is 12.1. The number of primary amides is 1. The van der Waals surface area contributed by atoms with Gasteiger partial charge in [0, 0.05) is 12.3 Å². The van der Waals surface area contributed by atoms with Crippen LogP contribution in [0.2, 0.25) is 0 Å². The number of carbonyl (C=O) groups is 2. The van der Waals surface area contributed by atoms with E-state index in [2.05, 4.69) is 5.32 Å². The normalized spacial score (nSPS) is 18.6. The summed E-state index contributed by atoms with van der Waals surface area (Å²) in [7, 11) is 0. The molecule has 18 heavy (non-hydrogen) atoms. The van der Waals surface area contributed by atoms with E-state index >= 15 is 0 Å². The van der Waals surface area contributed by atoms with Crippen LogP contribution in [0.4, 0.5) is 5.69 Å². The predicted molar refractivity (Wildman–Crippen MR) is 64.8 cm³/mol. The molecule has 0 saturated carbocycles. The van der Waals surface area contributed by atoms with Crippen LogP contribution in [0.25, 0.3) is 0 Å². The Hall–Kier alpha value is -2.08. The Morgan fingerprint density at radius 3 is 2.78 bits per heavy atom. The van der Waals surface area contributed by atoms with Crippen molar-refractivity contribution in [2.75, 3.05) is 18.5 Å². The summed E-state index contributed by atoms with van der Waals surface area (Å²) in [6.07, 6.45) is 0.815. The standard InChI is InChI=1S/C12H14N2O4/c13-11(15)10-8(12(16)17)2-1-3-9(10)14-7-4-5-18-6-7/h1-3,7,14H,4-6H2,(H2,13,15)(H,16,17). The van der Waals surface area contributed by atoms with Crippen LogP contribution < -0.4 is 11.1 Å². The third-order valence-electron chi connectivity index (χ3n) is 2.83. The van der Waals surface area contributed by atoms with Gasteiger partial charge in [-0.2, -0.15) is 0 Å². The van der Waals surface area contributed by atoms with Gasteiger partial charge in [0.1, 0.15) is 0 Å². The van der Waals surface area contributed by atoms with Crippen LogP contribution in [-0.2, 0) is 4.74 Å². The van der Waals surface area contributed by atoms with Crippen molar-refractivity contribution in [1.82, 2.24) is 0 Å². The second-order valence-corrected chi connectivity index (χ2v) is 4.10. The number of rotatable bonds is 4. The number of amides is 1. The largest absolute Gasteiger partial charge is 0.478 e. The van der Waals surface area contributed by atoms with Gasteiger partial charge in [-0.1, -0.05) is 6.07 Å². The summed E-state index contributed by atoms with van der Waals surface area (Å²) in [4.78, 5) is 22.5. The minimum atomic E-state index is -1.17. The van der Waals surface area contributed by atoms with Gasteiger partial charge in [0.05, 0.1) is 23.8 Å². The SMILES string of the molecule is NC(=O)c1c(NC2CCOC2)cccc1C(=O)O. The van der Waals surface area contributed by atoms with E-state index < -0.39 is 11.9 Å². The highest BCUT2D eigenvalue weighted by Crippen LogP contribution is 2.22. The molecule has 96 valence electrons. The number of hydrogen-bond donors (Lipinski definition) is 3. The number of nitrogens with two attached hydrogens (primary N) is 1. The van der Waals surface area contributed by atoms with Gasteiger partial charge in [-0.3, -0.25) is 4.79 Å². The van der Waals surface area contributed by atoms with Crippen molar-refractivity contribution in [3.63, 3.8) is 0 Å². The number of aromatic carboxylic acids is 1. The molecule has 1 saturated heterocycles. The molecule has 0 bridgehead atoms. The summed E-state index contributed by atoms with van der Waals surface area (Å²) in [6, 6.07) is 4.66. The lowest BCUT2D eigenvalue weighted by Gasteiger charge is -2.16. The predicted octanol–water partition coefficient (Wildman–Crippen LogP) is 0.684. The van der Waals surface area contributed by atoms with Gasteiger partial charge in [-0.25, -0.2) is 4.79 Å². The van der Waals surface area contributed by atoms with Gasteiger partial charge in [0.25, 0.3) is 5.91 Å². The Morgan fingerprint density at radius 2 is 2.22 bits per heavy atom. The molecule has 2 rings (SSSR count). The Balaban J connectivity index is 2.36. The summed E-state index contributed by atoms with van der Waals surface area (Å²) < 4.78 is 5.21. The third-order valence-corrected chi connectivity index (χ3v) is 2.83. The Morgan fingerprint density at radius 1 is 1.44 bits per heavy atom. The van der Waals surface area contributed by atoms with E-state index in [-0.39, 0.29) is 17.2 Å². The van der Waals surface area contributed by atoms with Gasteiger partial charge >= 0.3 is 5.97 Å². The minimum Gasteiger partial charge on any atom is -0.478 e. The maximum atomic E-state index is 11.4. The van der Waals surface area contributed by atoms with Gasteiger partial charge in [-0.05, 0) is 18.6 Å². The van der Waals surface area contributed by atoms with Crippen molar-refractivity contribution in [3.05, 3.63) is 29.3 Å². The molecule has 1 heterocycles. The second-order valence-electron chi connectivity index (χ2n) is 4.10. The first-order chi connectivity index (χ1) is 8.59. The monoisotopic (exact) mass is 250 g/mol. The third kappa shape index (κ3) is 2.43. The van der Waals surface area contributed by atoms with E-state index in [1.54, 1.807) is 12.1 Å². The number of ether oxygens (including phenoxy) is 1. The maximum Gasteiger partial charge on any atom is 0.336 e. The number of carbonyl (C=O) groups excluding carboxylic acids is 1.